The molecule has 2 N–H and O–H groups in total. The molecule has 0 aliphatic heterocycles. The fourth-order valence-electron chi connectivity index (χ4n) is 1.81. The molecule has 1 unspecified atom stereocenters. The molecule has 1 heterocycles. The number of rotatable bonds is 6. The Morgan fingerprint density at radius 3 is 2.78 bits per heavy atom. The van der Waals surface area contributed by atoms with Crippen LogP contribution in [0.3, 0.4) is 0 Å². The predicted molar refractivity (Wildman–Crippen MR) is 68.0 cm³/mol. The van der Waals surface area contributed by atoms with E-state index in [-0.39, 0.29) is 0 Å². The third-order valence-electron chi connectivity index (χ3n) is 3.23. The molecule has 1 fully saturated rings. The first-order chi connectivity index (χ1) is 8.47. The minimum Gasteiger partial charge on any atom is -0.376 e. The summed E-state index contributed by atoms with van der Waals surface area (Å²) >= 11 is 0. The van der Waals surface area contributed by atoms with Gasteiger partial charge >= 0.3 is 0 Å². The Labute approximate surface area is 108 Å². The first-order valence-electron chi connectivity index (χ1n) is 6.71. The van der Waals surface area contributed by atoms with E-state index in [9.17, 15) is 0 Å². The van der Waals surface area contributed by atoms with Crippen molar-refractivity contribution < 1.29 is 9.26 Å². The van der Waals surface area contributed by atoms with Gasteiger partial charge in [-0.15, -0.1) is 0 Å². The van der Waals surface area contributed by atoms with Gasteiger partial charge in [0.1, 0.15) is 5.54 Å². The van der Waals surface area contributed by atoms with E-state index in [4.69, 9.17) is 15.0 Å². The normalized spacial score (nSPS) is 19.8. The van der Waals surface area contributed by atoms with Crippen LogP contribution >= 0.6 is 0 Å². The molecule has 102 valence electrons. The molecule has 18 heavy (non-hydrogen) atoms. The molecule has 1 aromatic rings. The van der Waals surface area contributed by atoms with Gasteiger partial charge in [0.15, 0.2) is 5.82 Å². The lowest BCUT2D eigenvalue weighted by molar-refractivity contribution is -0.0222. The second kappa shape index (κ2) is 5.36. The molecule has 0 saturated heterocycles. The first kappa shape index (κ1) is 13.5. The molecule has 2 rings (SSSR count). The molecular formula is C13H23N3O2. The Hall–Kier alpha value is -0.940. The minimum absolute atomic E-state index is 0.370. The average molecular weight is 253 g/mol. The van der Waals surface area contributed by atoms with Crippen LogP contribution in [0.15, 0.2) is 4.52 Å². The summed E-state index contributed by atoms with van der Waals surface area (Å²) in [5.74, 6) is 1.69. The highest BCUT2D eigenvalue weighted by atomic mass is 16.5. The Bertz CT molecular complexity index is 383. The maximum atomic E-state index is 6.20. The maximum absolute atomic E-state index is 6.20. The van der Waals surface area contributed by atoms with Crippen molar-refractivity contribution in [1.29, 1.82) is 0 Å². The van der Waals surface area contributed by atoms with Gasteiger partial charge in [-0.2, -0.15) is 4.98 Å². The van der Waals surface area contributed by atoms with Crippen LogP contribution in [0.4, 0.5) is 0 Å². The summed E-state index contributed by atoms with van der Waals surface area (Å²) in [7, 11) is 0. The zero-order valence-electron chi connectivity index (χ0n) is 11.5. The molecule has 1 aromatic heterocycles. The quantitative estimate of drug-likeness (QED) is 0.839. The number of hydrogen-bond donors (Lipinski definition) is 1. The van der Waals surface area contributed by atoms with Crippen molar-refractivity contribution in [1.82, 2.24) is 10.1 Å². The average Bonchev–Trinajstić information content (AvgIpc) is 2.63. The van der Waals surface area contributed by atoms with E-state index in [0.717, 1.165) is 19.3 Å². The van der Waals surface area contributed by atoms with Gasteiger partial charge in [0.2, 0.25) is 5.89 Å². The molecule has 0 radical (unpaired) electrons. The zero-order valence-corrected chi connectivity index (χ0v) is 11.5. The van der Waals surface area contributed by atoms with Gasteiger partial charge in [0.25, 0.3) is 0 Å². The van der Waals surface area contributed by atoms with Crippen LogP contribution in [0.5, 0.6) is 0 Å². The minimum atomic E-state index is -0.672. The molecule has 5 heteroatoms. The van der Waals surface area contributed by atoms with E-state index in [1.807, 2.05) is 6.92 Å². The summed E-state index contributed by atoms with van der Waals surface area (Å²) < 4.78 is 11.0. The first-order valence-corrected chi connectivity index (χ1v) is 6.71. The summed E-state index contributed by atoms with van der Waals surface area (Å²) in [6, 6.07) is 0. The van der Waals surface area contributed by atoms with Crippen molar-refractivity contribution in [3.8, 4) is 0 Å². The van der Waals surface area contributed by atoms with Crippen LogP contribution in [0.2, 0.25) is 0 Å². The van der Waals surface area contributed by atoms with Gasteiger partial charge in [-0.25, -0.2) is 0 Å². The number of ether oxygens (including phenoxy) is 1. The molecule has 1 atom stereocenters. The molecule has 1 aliphatic rings. The largest absolute Gasteiger partial charge is 0.376 e. The van der Waals surface area contributed by atoms with Crippen molar-refractivity contribution in [3.05, 3.63) is 11.7 Å². The summed E-state index contributed by atoms with van der Waals surface area (Å²) in [4.78, 5) is 4.36. The molecule has 0 bridgehead atoms. The molecule has 1 saturated carbocycles. The standard InChI is InChI=1S/C13H23N3O2/c1-9(2)7-11-15-12(16-18-11)13(3,14)8-17-10-5-4-6-10/h9-10H,4-8,14H2,1-3H3. The molecule has 0 aromatic carbocycles. The SMILES string of the molecule is CC(C)Cc1nc(C(C)(N)COC2CCC2)no1. The lowest BCUT2D eigenvalue weighted by atomic mass is 9.95. The number of nitrogens with zero attached hydrogens (tertiary/aromatic N) is 2. The van der Waals surface area contributed by atoms with E-state index in [1.54, 1.807) is 0 Å². The van der Waals surface area contributed by atoms with Crippen LogP contribution in [-0.2, 0) is 16.7 Å². The smallest absolute Gasteiger partial charge is 0.226 e. The highest BCUT2D eigenvalue weighted by molar-refractivity contribution is 5.02. The number of aromatic nitrogens is 2. The van der Waals surface area contributed by atoms with Crippen LogP contribution in [-0.4, -0.2) is 22.9 Å². The van der Waals surface area contributed by atoms with Crippen molar-refractivity contribution >= 4 is 0 Å². The fraction of sp³-hybridized carbons (Fsp3) is 0.846. The Kier molecular flexibility index (Phi) is 4.02. The van der Waals surface area contributed by atoms with Gasteiger partial charge in [0.05, 0.1) is 12.7 Å². The second-order valence-corrected chi connectivity index (χ2v) is 5.89. The molecule has 1 aliphatic carbocycles. The van der Waals surface area contributed by atoms with Gasteiger partial charge in [-0.1, -0.05) is 19.0 Å². The monoisotopic (exact) mass is 253 g/mol. The van der Waals surface area contributed by atoms with Gasteiger partial charge < -0.3 is 15.0 Å². The third-order valence-corrected chi connectivity index (χ3v) is 3.23. The van der Waals surface area contributed by atoms with E-state index in [0.29, 0.717) is 30.3 Å². The third kappa shape index (κ3) is 3.29. The lowest BCUT2D eigenvalue weighted by Gasteiger charge is -2.29. The van der Waals surface area contributed by atoms with Gasteiger partial charge in [-0.05, 0) is 32.1 Å². The maximum Gasteiger partial charge on any atom is 0.226 e. The Morgan fingerprint density at radius 2 is 2.22 bits per heavy atom. The topological polar surface area (TPSA) is 74.2 Å². The summed E-state index contributed by atoms with van der Waals surface area (Å²) in [6.45, 7) is 6.56. The highest BCUT2D eigenvalue weighted by Gasteiger charge is 2.30. The molecule has 5 nitrogen and oxygen atoms in total. The van der Waals surface area contributed by atoms with Gasteiger partial charge in [0, 0.05) is 6.42 Å². The predicted octanol–water partition coefficient (Wildman–Crippen LogP) is 2.01. The number of nitrogens with two attached hydrogens (primary N) is 1. The fourth-order valence-corrected chi connectivity index (χ4v) is 1.81. The van der Waals surface area contributed by atoms with E-state index in [2.05, 4.69) is 24.0 Å². The van der Waals surface area contributed by atoms with E-state index < -0.39 is 5.54 Å². The number of hydrogen-bond acceptors (Lipinski definition) is 5. The van der Waals surface area contributed by atoms with E-state index in [1.165, 1.54) is 6.42 Å². The highest BCUT2D eigenvalue weighted by Crippen LogP contribution is 2.24. The van der Waals surface area contributed by atoms with Crippen LogP contribution in [0, 0.1) is 5.92 Å². The van der Waals surface area contributed by atoms with Crippen molar-refractivity contribution in [2.45, 2.75) is 58.1 Å². The van der Waals surface area contributed by atoms with E-state index >= 15 is 0 Å². The summed E-state index contributed by atoms with van der Waals surface area (Å²) in [5.41, 5.74) is 5.53. The second-order valence-electron chi connectivity index (χ2n) is 5.89. The molecular weight excluding hydrogens is 230 g/mol. The van der Waals surface area contributed by atoms with Crippen LogP contribution in [0.25, 0.3) is 0 Å². The summed E-state index contributed by atoms with van der Waals surface area (Å²) in [5, 5.41) is 3.97. The van der Waals surface area contributed by atoms with Crippen LogP contribution < -0.4 is 5.73 Å². The van der Waals surface area contributed by atoms with Gasteiger partial charge in [-0.3, -0.25) is 0 Å². The molecule has 0 amide bonds. The Morgan fingerprint density at radius 1 is 1.50 bits per heavy atom. The van der Waals surface area contributed by atoms with Crippen molar-refractivity contribution in [3.63, 3.8) is 0 Å². The summed E-state index contributed by atoms with van der Waals surface area (Å²) in [6.07, 6.45) is 4.69. The van der Waals surface area contributed by atoms with Crippen LogP contribution in [0.1, 0.15) is 51.7 Å². The van der Waals surface area contributed by atoms with Crippen molar-refractivity contribution in [2.24, 2.45) is 11.7 Å². The zero-order chi connectivity index (χ0) is 13.2. The lowest BCUT2D eigenvalue weighted by Crippen LogP contribution is -2.41. The molecule has 0 spiro atoms. The Balaban J connectivity index is 1.92. The van der Waals surface area contributed by atoms with Crippen molar-refractivity contribution in [2.75, 3.05) is 6.61 Å².